The van der Waals surface area contributed by atoms with E-state index < -0.39 is 0 Å². The molecular weight excluding hydrogens is 230 g/mol. The summed E-state index contributed by atoms with van der Waals surface area (Å²) < 4.78 is 0. The lowest BCUT2D eigenvalue weighted by molar-refractivity contribution is -0.120. The molecule has 0 aromatic heterocycles. The summed E-state index contributed by atoms with van der Waals surface area (Å²) in [5, 5.41) is 5.41. The van der Waals surface area contributed by atoms with Crippen molar-refractivity contribution in [1.29, 1.82) is 0 Å². The topological polar surface area (TPSA) is 84.2 Å². The molecule has 0 aliphatic rings. The Morgan fingerprint density at radius 3 is 2.44 bits per heavy atom. The summed E-state index contributed by atoms with van der Waals surface area (Å²) >= 11 is 0. The third-order valence-electron chi connectivity index (χ3n) is 2.42. The van der Waals surface area contributed by atoms with Crippen LogP contribution in [0.4, 0.5) is 5.69 Å². The van der Waals surface area contributed by atoms with Crippen LogP contribution in [0.2, 0.25) is 0 Å². The largest absolute Gasteiger partial charge is 0.355 e. The van der Waals surface area contributed by atoms with E-state index in [9.17, 15) is 9.59 Å². The maximum absolute atomic E-state index is 11.6. The van der Waals surface area contributed by atoms with Crippen molar-refractivity contribution >= 4 is 17.5 Å². The molecule has 5 nitrogen and oxygen atoms in total. The predicted molar refractivity (Wildman–Crippen MR) is 71.1 cm³/mol. The zero-order chi connectivity index (χ0) is 13.4. The van der Waals surface area contributed by atoms with Crippen molar-refractivity contribution in [1.82, 2.24) is 5.32 Å². The minimum atomic E-state index is -0.200. The van der Waals surface area contributed by atoms with Crippen molar-refractivity contribution in [3.05, 3.63) is 29.8 Å². The van der Waals surface area contributed by atoms with Crippen molar-refractivity contribution in [2.24, 2.45) is 5.73 Å². The number of aryl methyl sites for hydroxylation is 1. The second-order valence-corrected chi connectivity index (χ2v) is 4.07. The predicted octanol–water partition coefficient (Wildman–Crippen LogP) is 0.789. The van der Waals surface area contributed by atoms with Crippen LogP contribution in [0, 0.1) is 6.92 Å². The van der Waals surface area contributed by atoms with Gasteiger partial charge >= 0.3 is 0 Å². The lowest BCUT2D eigenvalue weighted by atomic mass is 10.2. The zero-order valence-electron chi connectivity index (χ0n) is 10.5. The molecule has 2 amide bonds. The van der Waals surface area contributed by atoms with E-state index in [0.29, 0.717) is 19.4 Å². The molecule has 0 saturated heterocycles. The molecule has 0 atom stereocenters. The Morgan fingerprint density at radius 2 is 1.83 bits per heavy atom. The highest BCUT2D eigenvalue weighted by Crippen LogP contribution is 2.09. The molecule has 0 aliphatic carbocycles. The van der Waals surface area contributed by atoms with E-state index in [-0.39, 0.29) is 18.4 Å². The Balaban J connectivity index is 2.21. The van der Waals surface area contributed by atoms with Crippen LogP contribution in [0.15, 0.2) is 24.3 Å². The van der Waals surface area contributed by atoms with E-state index in [0.717, 1.165) is 11.3 Å². The van der Waals surface area contributed by atoms with Crippen LogP contribution in [0.5, 0.6) is 0 Å². The first-order valence-corrected chi connectivity index (χ1v) is 5.95. The Bertz CT molecular complexity index is 401. The maximum atomic E-state index is 11.6. The smallest absolute Gasteiger partial charge is 0.233 e. The first kappa shape index (κ1) is 14.2. The summed E-state index contributed by atoms with van der Waals surface area (Å²) in [7, 11) is 0. The number of benzene rings is 1. The Hall–Kier alpha value is -1.88. The fourth-order valence-corrected chi connectivity index (χ4v) is 1.41. The lowest BCUT2D eigenvalue weighted by Crippen LogP contribution is -2.31. The Labute approximate surface area is 107 Å². The molecule has 1 rings (SSSR count). The minimum Gasteiger partial charge on any atom is -0.355 e. The Morgan fingerprint density at radius 1 is 1.17 bits per heavy atom. The zero-order valence-corrected chi connectivity index (χ0v) is 10.5. The van der Waals surface area contributed by atoms with Gasteiger partial charge in [-0.3, -0.25) is 9.59 Å². The minimum absolute atomic E-state index is 0.0183. The van der Waals surface area contributed by atoms with Gasteiger partial charge in [0.05, 0.1) is 6.54 Å². The number of carbonyl (C=O) groups excluding carboxylic acids is 2. The molecule has 0 heterocycles. The van der Waals surface area contributed by atoms with Crippen LogP contribution in [-0.2, 0) is 9.59 Å². The van der Waals surface area contributed by atoms with Gasteiger partial charge in [0.1, 0.15) is 0 Å². The summed E-state index contributed by atoms with van der Waals surface area (Å²) in [6, 6.07) is 7.61. The lowest BCUT2D eigenvalue weighted by Gasteiger charge is -2.06. The third-order valence-corrected chi connectivity index (χ3v) is 2.42. The molecule has 1 aromatic rings. The highest BCUT2D eigenvalue weighted by atomic mass is 16.2. The molecule has 0 spiro atoms. The molecule has 5 heteroatoms. The highest BCUT2D eigenvalue weighted by molar-refractivity contribution is 5.90. The fourth-order valence-electron chi connectivity index (χ4n) is 1.41. The monoisotopic (exact) mass is 249 g/mol. The molecule has 0 aliphatic heterocycles. The number of nitrogens with two attached hydrogens (primary N) is 1. The van der Waals surface area contributed by atoms with E-state index in [1.54, 1.807) is 0 Å². The molecular formula is C13H19N3O2. The average Bonchev–Trinajstić information content (AvgIpc) is 2.37. The van der Waals surface area contributed by atoms with Gasteiger partial charge in [-0.25, -0.2) is 0 Å². The molecule has 1 aromatic carbocycles. The van der Waals surface area contributed by atoms with E-state index in [2.05, 4.69) is 10.6 Å². The maximum Gasteiger partial charge on any atom is 0.233 e. The number of hydrogen-bond acceptors (Lipinski definition) is 3. The van der Waals surface area contributed by atoms with Gasteiger partial charge in [-0.15, -0.1) is 0 Å². The molecule has 0 saturated carbocycles. The fraction of sp³-hybridized carbons (Fsp3) is 0.385. The van der Waals surface area contributed by atoms with Gasteiger partial charge in [0, 0.05) is 18.7 Å². The van der Waals surface area contributed by atoms with Gasteiger partial charge in [-0.2, -0.15) is 0 Å². The normalized spacial score (nSPS) is 9.89. The van der Waals surface area contributed by atoms with Crippen molar-refractivity contribution < 1.29 is 9.59 Å². The molecule has 4 N–H and O–H groups in total. The summed E-state index contributed by atoms with van der Waals surface area (Å²) in [6.45, 7) is 2.44. The standard InChI is InChI=1S/C13H19N3O2/c1-10-4-6-11(7-5-10)16-12(17)3-2-8-15-13(18)9-14/h4-7H,2-3,8-9,14H2,1H3,(H,15,18)(H,16,17). The SMILES string of the molecule is Cc1ccc(NC(=O)CCCNC(=O)CN)cc1. The van der Waals surface area contributed by atoms with Gasteiger partial charge in [-0.05, 0) is 25.5 Å². The van der Waals surface area contributed by atoms with Crippen LogP contribution in [0.1, 0.15) is 18.4 Å². The van der Waals surface area contributed by atoms with Crippen molar-refractivity contribution in [2.75, 3.05) is 18.4 Å². The van der Waals surface area contributed by atoms with E-state index in [1.165, 1.54) is 0 Å². The van der Waals surface area contributed by atoms with Gasteiger partial charge < -0.3 is 16.4 Å². The van der Waals surface area contributed by atoms with Crippen molar-refractivity contribution in [3.8, 4) is 0 Å². The number of hydrogen-bond donors (Lipinski definition) is 3. The number of carbonyl (C=O) groups is 2. The first-order valence-electron chi connectivity index (χ1n) is 5.95. The molecule has 0 unspecified atom stereocenters. The second-order valence-electron chi connectivity index (χ2n) is 4.07. The van der Waals surface area contributed by atoms with Gasteiger partial charge in [0.2, 0.25) is 11.8 Å². The number of amides is 2. The summed E-state index contributed by atoms with van der Waals surface area (Å²) in [5.74, 6) is -0.255. The first-order chi connectivity index (χ1) is 8.61. The summed E-state index contributed by atoms with van der Waals surface area (Å²) in [5.41, 5.74) is 7.08. The van der Waals surface area contributed by atoms with Gasteiger partial charge in [0.25, 0.3) is 0 Å². The average molecular weight is 249 g/mol. The van der Waals surface area contributed by atoms with E-state index >= 15 is 0 Å². The molecule has 0 radical (unpaired) electrons. The van der Waals surface area contributed by atoms with Crippen LogP contribution >= 0.6 is 0 Å². The summed E-state index contributed by atoms with van der Waals surface area (Å²) in [6.07, 6.45) is 0.974. The van der Waals surface area contributed by atoms with Crippen LogP contribution < -0.4 is 16.4 Å². The van der Waals surface area contributed by atoms with Crippen LogP contribution in [-0.4, -0.2) is 24.9 Å². The quantitative estimate of drug-likeness (QED) is 0.652. The van der Waals surface area contributed by atoms with Gasteiger partial charge in [-0.1, -0.05) is 17.7 Å². The van der Waals surface area contributed by atoms with Crippen LogP contribution in [0.3, 0.4) is 0 Å². The van der Waals surface area contributed by atoms with E-state index in [1.807, 2.05) is 31.2 Å². The molecule has 98 valence electrons. The second kappa shape index (κ2) is 7.45. The third kappa shape index (κ3) is 5.45. The number of rotatable bonds is 6. The molecule has 18 heavy (non-hydrogen) atoms. The van der Waals surface area contributed by atoms with E-state index in [4.69, 9.17) is 5.73 Å². The number of nitrogens with one attached hydrogen (secondary N) is 2. The van der Waals surface area contributed by atoms with Crippen LogP contribution in [0.25, 0.3) is 0 Å². The summed E-state index contributed by atoms with van der Waals surface area (Å²) in [4.78, 5) is 22.4. The van der Waals surface area contributed by atoms with Gasteiger partial charge in [0.15, 0.2) is 0 Å². The Kier molecular flexibility index (Phi) is 5.87. The molecule has 0 fully saturated rings. The molecule has 0 bridgehead atoms. The van der Waals surface area contributed by atoms with Crippen molar-refractivity contribution in [2.45, 2.75) is 19.8 Å². The highest BCUT2D eigenvalue weighted by Gasteiger charge is 2.02. The van der Waals surface area contributed by atoms with Crippen molar-refractivity contribution in [3.63, 3.8) is 0 Å². The number of anilines is 1.